The highest BCUT2D eigenvalue weighted by Crippen LogP contribution is 2.22. The van der Waals surface area contributed by atoms with Crippen molar-refractivity contribution in [2.75, 3.05) is 28.3 Å². The smallest absolute Gasteiger partial charge is 0.227 e. The van der Waals surface area contributed by atoms with E-state index in [9.17, 15) is 8.42 Å². The summed E-state index contributed by atoms with van der Waals surface area (Å²) in [6.45, 7) is 6.79. The van der Waals surface area contributed by atoms with E-state index in [2.05, 4.69) is 15.3 Å². The molecule has 112 valence electrons. The molecule has 1 atom stereocenters. The van der Waals surface area contributed by atoms with Crippen LogP contribution in [0.4, 0.5) is 11.8 Å². The first-order valence-corrected chi connectivity index (χ1v) is 8.80. The summed E-state index contributed by atoms with van der Waals surface area (Å²) in [7, 11) is -2.90. The highest BCUT2D eigenvalue weighted by Gasteiger charge is 2.32. The van der Waals surface area contributed by atoms with Gasteiger partial charge in [-0.3, -0.25) is 0 Å². The van der Waals surface area contributed by atoms with Crippen molar-refractivity contribution in [3.05, 3.63) is 12.3 Å². The molecule has 0 saturated carbocycles. The van der Waals surface area contributed by atoms with Crippen molar-refractivity contribution in [1.29, 1.82) is 0 Å². The van der Waals surface area contributed by atoms with Crippen LogP contribution in [0, 0.1) is 0 Å². The molecule has 0 radical (unpaired) electrons. The van der Waals surface area contributed by atoms with Crippen molar-refractivity contribution < 1.29 is 8.42 Å². The first-order chi connectivity index (χ1) is 9.41. The third-order valence-corrected chi connectivity index (χ3v) is 5.08. The van der Waals surface area contributed by atoms with Gasteiger partial charge in [-0.15, -0.1) is 0 Å². The molecule has 0 aliphatic carbocycles. The number of aromatic nitrogens is 2. The molecule has 2 rings (SSSR count). The van der Waals surface area contributed by atoms with E-state index in [1.165, 1.54) is 0 Å². The third-order valence-electron chi connectivity index (χ3n) is 3.33. The highest BCUT2D eigenvalue weighted by molar-refractivity contribution is 7.91. The Bertz CT molecular complexity index is 559. The van der Waals surface area contributed by atoms with E-state index in [1.54, 1.807) is 6.20 Å². The second-order valence-electron chi connectivity index (χ2n) is 5.38. The van der Waals surface area contributed by atoms with Gasteiger partial charge in [-0.05, 0) is 33.3 Å². The van der Waals surface area contributed by atoms with Gasteiger partial charge in [-0.1, -0.05) is 0 Å². The first-order valence-electron chi connectivity index (χ1n) is 6.98. The minimum absolute atomic E-state index is 0.0145. The minimum Gasteiger partial charge on any atom is -0.368 e. The number of rotatable bonds is 5. The lowest BCUT2D eigenvalue weighted by Crippen LogP contribution is -2.37. The summed E-state index contributed by atoms with van der Waals surface area (Å²) in [6.07, 6.45) is 2.36. The lowest BCUT2D eigenvalue weighted by atomic mass is 10.2. The van der Waals surface area contributed by atoms with Crippen LogP contribution in [-0.2, 0) is 9.84 Å². The summed E-state index contributed by atoms with van der Waals surface area (Å²) in [4.78, 5) is 10.8. The van der Waals surface area contributed by atoms with Crippen molar-refractivity contribution >= 4 is 21.6 Å². The van der Waals surface area contributed by atoms with E-state index in [4.69, 9.17) is 0 Å². The fourth-order valence-corrected chi connectivity index (χ4v) is 4.18. The van der Waals surface area contributed by atoms with E-state index < -0.39 is 9.84 Å². The average Bonchev–Trinajstić information content (AvgIpc) is 2.70. The van der Waals surface area contributed by atoms with E-state index >= 15 is 0 Å². The standard InChI is InChI=1S/C13H22N4O2S/c1-4-17(11-6-8-20(18,19)9-11)13-14-7-5-12(16-13)15-10(2)3/h5,7,10-11H,4,6,8-9H2,1-3H3,(H,14,15,16). The molecule has 7 heteroatoms. The Morgan fingerprint density at radius 2 is 2.25 bits per heavy atom. The van der Waals surface area contributed by atoms with Gasteiger partial charge in [0.1, 0.15) is 5.82 Å². The van der Waals surface area contributed by atoms with Crippen molar-refractivity contribution in [1.82, 2.24) is 9.97 Å². The van der Waals surface area contributed by atoms with Crippen molar-refractivity contribution in [2.45, 2.75) is 39.3 Å². The monoisotopic (exact) mass is 298 g/mol. The number of sulfone groups is 1. The normalized spacial score (nSPS) is 21.1. The summed E-state index contributed by atoms with van der Waals surface area (Å²) in [5.41, 5.74) is 0. The molecule has 0 spiro atoms. The Balaban J connectivity index is 2.19. The molecule has 0 bridgehead atoms. The maximum atomic E-state index is 11.6. The van der Waals surface area contributed by atoms with Gasteiger partial charge in [0.15, 0.2) is 9.84 Å². The van der Waals surface area contributed by atoms with Crippen LogP contribution in [0.3, 0.4) is 0 Å². The lowest BCUT2D eigenvalue weighted by Gasteiger charge is -2.27. The van der Waals surface area contributed by atoms with Crippen LogP contribution < -0.4 is 10.2 Å². The second kappa shape index (κ2) is 5.95. The number of hydrogen-bond acceptors (Lipinski definition) is 6. The predicted molar refractivity (Wildman–Crippen MR) is 80.9 cm³/mol. The molecular formula is C13H22N4O2S. The minimum atomic E-state index is -2.90. The molecule has 1 aliphatic rings. The Kier molecular flexibility index (Phi) is 4.47. The van der Waals surface area contributed by atoms with Crippen LogP contribution in [0.15, 0.2) is 12.3 Å². The van der Waals surface area contributed by atoms with Gasteiger partial charge in [0.25, 0.3) is 0 Å². The summed E-state index contributed by atoms with van der Waals surface area (Å²) >= 11 is 0. The van der Waals surface area contributed by atoms with Crippen LogP contribution in [0.1, 0.15) is 27.2 Å². The number of hydrogen-bond donors (Lipinski definition) is 1. The summed E-state index contributed by atoms with van der Waals surface area (Å²) in [5.74, 6) is 1.83. The Morgan fingerprint density at radius 1 is 1.50 bits per heavy atom. The van der Waals surface area contributed by atoms with Crippen LogP contribution in [0.5, 0.6) is 0 Å². The number of nitrogens with one attached hydrogen (secondary N) is 1. The van der Waals surface area contributed by atoms with Gasteiger partial charge >= 0.3 is 0 Å². The largest absolute Gasteiger partial charge is 0.368 e. The van der Waals surface area contributed by atoms with Gasteiger partial charge in [0, 0.05) is 24.8 Å². The van der Waals surface area contributed by atoms with Gasteiger partial charge in [0.05, 0.1) is 11.5 Å². The molecule has 1 aliphatic heterocycles. The number of anilines is 2. The molecule has 1 aromatic heterocycles. The van der Waals surface area contributed by atoms with E-state index in [-0.39, 0.29) is 17.5 Å². The van der Waals surface area contributed by atoms with E-state index in [1.807, 2.05) is 31.7 Å². The Hall–Kier alpha value is -1.37. The molecule has 1 fully saturated rings. The topological polar surface area (TPSA) is 75.2 Å². The number of nitrogens with zero attached hydrogens (tertiary/aromatic N) is 3. The molecule has 0 amide bonds. The summed E-state index contributed by atoms with van der Waals surface area (Å²) in [5, 5.41) is 3.23. The molecule has 1 aromatic rings. The predicted octanol–water partition coefficient (Wildman–Crippen LogP) is 1.31. The zero-order valence-corrected chi connectivity index (χ0v) is 13.0. The summed E-state index contributed by atoms with van der Waals surface area (Å²) < 4.78 is 23.3. The van der Waals surface area contributed by atoms with Crippen molar-refractivity contribution in [3.8, 4) is 0 Å². The van der Waals surface area contributed by atoms with Gasteiger partial charge in [0.2, 0.25) is 5.95 Å². The van der Waals surface area contributed by atoms with E-state index in [0.29, 0.717) is 25.0 Å². The molecular weight excluding hydrogens is 276 g/mol. The maximum absolute atomic E-state index is 11.6. The third kappa shape index (κ3) is 3.59. The lowest BCUT2D eigenvalue weighted by molar-refractivity contribution is 0.599. The second-order valence-corrected chi connectivity index (χ2v) is 7.61. The fraction of sp³-hybridized carbons (Fsp3) is 0.692. The summed E-state index contributed by atoms with van der Waals surface area (Å²) in [6, 6.07) is 2.10. The zero-order valence-electron chi connectivity index (χ0n) is 12.2. The van der Waals surface area contributed by atoms with Crippen LogP contribution in [0.25, 0.3) is 0 Å². The molecule has 1 saturated heterocycles. The molecule has 6 nitrogen and oxygen atoms in total. The molecule has 0 aromatic carbocycles. The van der Waals surface area contributed by atoms with Crippen LogP contribution in [-0.4, -0.2) is 48.5 Å². The molecule has 2 heterocycles. The fourth-order valence-electron chi connectivity index (χ4n) is 2.45. The molecule has 1 N–H and O–H groups in total. The van der Waals surface area contributed by atoms with Gasteiger partial charge < -0.3 is 10.2 Å². The average molecular weight is 298 g/mol. The highest BCUT2D eigenvalue weighted by atomic mass is 32.2. The Labute approximate surface area is 120 Å². The maximum Gasteiger partial charge on any atom is 0.227 e. The first kappa shape index (κ1) is 15.0. The van der Waals surface area contributed by atoms with Crippen LogP contribution in [0.2, 0.25) is 0 Å². The quantitative estimate of drug-likeness (QED) is 0.883. The van der Waals surface area contributed by atoms with Gasteiger partial charge in [-0.25, -0.2) is 13.4 Å². The Morgan fingerprint density at radius 3 is 2.80 bits per heavy atom. The van der Waals surface area contributed by atoms with Crippen molar-refractivity contribution in [3.63, 3.8) is 0 Å². The molecule has 1 unspecified atom stereocenters. The SMILES string of the molecule is CCN(c1nccc(NC(C)C)n1)C1CCS(=O)(=O)C1. The van der Waals surface area contributed by atoms with E-state index in [0.717, 1.165) is 5.82 Å². The van der Waals surface area contributed by atoms with Crippen LogP contribution >= 0.6 is 0 Å². The van der Waals surface area contributed by atoms with Crippen molar-refractivity contribution in [2.24, 2.45) is 0 Å². The zero-order chi connectivity index (χ0) is 14.8. The van der Waals surface area contributed by atoms with Gasteiger partial charge in [-0.2, -0.15) is 4.98 Å². The molecule has 20 heavy (non-hydrogen) atoms.